The van der Waals surface area contributed by atoms with Crippen LogP contribution >= 0.6 is 0 Å². The number of amides is 1. The number of nitrogens with zero attached hydrogens (tertiary/aromatic N) is 3. The van der Waals surface area contributed by atoms with Crippen molar-refractivity contribution in [2.45, 2.75) is 13.3 Å². The molecule has 0 spiro atoms. The summed E-state index contributed by atoms with van der Waals surface area (Å²) in [6.45, 7) is 6.37. The van der Waals surface area contributed by atoms with E-state index in [1.807, 2.05) is 0 Å². The van der Waals surface area contributed by atoms with Crippen LogP contribution in [0, 0.1) is 24.1 Å². The number of aryl methyl sites for hydroxylation is 1. The van der Waals surface area contributed by atoms with Crippen molar-refractivity contribution in [1.29, 1.82) is 5.26 Å². The second kappa shape index (κ2) is 8.61. The van der Waals surface area contributed by atoms with Crippen LogP contribution in [0.2, 0.25) is 0 Å². The molecule has 1 aromatic rings. The smallest absolute Gasteiger partial charge is 0.254 e. The minimum Gasteiger partial charge on any atom is -0.379 e. The lowest BCUT2D eigenvalue weighted by Crippen LogP contribution is -2.43. The van der Waals surface area contributed by atoms with Gasteiger partial charge < -0.3 is 9.64 Å². The van der Waals surface area contributed by atoms with Gasteiger partial charge in [-0.25, -0.2) is 4.39 Å². The van der Waals surface area contributed by atoms with Gasteiger partial charge in [-0.2, -0.15) is 5.26 Å². The van der Waals surface area contributed by atoms with Crippen molar-refractivity contribution in [3.63, 3.8) is 0 Å². The van der Waals surface area contributed by atoms with Crippen LogP contribution in [0.4, 0.5) is 4.39 Å². The van der Waals surface area contributed by atoms with E-state index in [0.717, 1.165) is 19.6 Å². The molecule has 0 saturated carbocycles. The topological polar surface area (TPSA) is 56.6 Å². The lowest BCUT2D eigenvalue weighted by Gasteiger charge is -2.30. The van der Waals surface area contributed by atoms with Crippen LogP contribution in [0.15, 0.2) is 18.2 Å². The fourth-order valence-corrected chi connectivity index (χ4v) is 2.50. The minimum atomic E-state index is -0.385. The standard InChI is InChI=1S/C17H22FN3O2/c1-14-3-4-15(13-16(14)18)17(22)21(6-2-5-19)8-7-20-9-11-23-12-10-20/h3-4,13H,2,6-12H2,1H3. The first kappa shape index (κ1) is 17.4. The molecule has 124 valence electrons. The van der Waals surface area contributed by atoms with E-state index in [1.165, 1.54) is 6.07 Å². The van der Waals surface area contributed by atoms with Gasteiger partial charge in [0.15, 0.2) is 0 Å². The average Bonchev–Trinajstić information content (AvgIpc) is 2.58. The Balaban J connectivity index is 2.01. The Morgan fingerprint density at radius 3 is 2.78 bits per heavy atom. The second-order valence-electron chi connectivity index (χ2n) is 5.62. The molecule has 1 aromatic carbocycles. The van der Waals surface area contributed by atoms with E-state index in [0.29, 0.717) is 37.4 Å². The molecule has 1 amide bonds. The molecule has 0 atom stereocenters. The largest absolute Gasteiger partial charge is 0.379 e. The Morgan fingerprint density at radius 1 is 1.39 bits per heavy atom. The van der Waals surface area contributed by atoms with Crippen molar-refractivity contribution in [2.75, 3.05) is 45.9 Å². The first-order chi connectivity index (χ1) is 11.1. The number of halogens is 1. The third-order valence-electron chi connectivity index (χ3n) is 3.99. The van der Waals surface area contributed by atoms with Crippen LogP contribution in [0.25, 0.3) is 0 Å². The van der Waals surface area contributed by atoms with Crippen molar-refractivity contribution in [3.8, 4) is 6.07 Å². The van der Waals surface area contributed by atoms with Gasteiger partial charge in [0.2, 0.25) is 0 Å². The van der Waals surface area contributed by atoms with Crippen LogP contribution in [-0.4, -0.2) is 61.6 Å². The zero-order chi connectivity index (χ0) is 16.7. The van der Waals surface area contributed by atoms with Crippen LogP contribution in [0.1, 0.15) is 22.3 Å². The van der Waals surface area contributed by atoms with Gasteiger partial charge in [0, 0.05) is 38.3 Å². The fraction of sp³-hybridized carbons (Fsp3) is 0.529. The molecule has 1 aliphatic heterocycles. The number of benzene rings is 1. The molecule has 0 unspecified atom stereocenters. The molecule has 23 heavy (non-hydrogen) atoms. The van der Waals surface area contributed by atoms with Crippen molar-refractivity contribution in [1.82, 2.24) is 9.80 Å². The number of hydrogen-bond acceptors (Lipinski definition) is 4. The van der Waals surface area contributed by atoms with E-state index in [1.54, 1.807) is 24.0 Å². The highest BCUT2D eigenvalue weighted by Gasteiger charge is 2.18. The molecule has 0 bridgehead atoms. The Kier molecular flexibility index (Phi) is 6.51. The van der Waals surface area contributed by atoms with Crippen LogP contribution < -0.4 is 0 Å². The summed E-state index contributed by atoms with van der Waals surface area (Å²) >= 11 is 0. The van der Waals surface area contributed by atoms with Crippen molar-refractivity contribution in [3.05, 3.63) is 35.1 Å². The lowest BCUT2D eigenvalue weighted by atomic mass is 10.1. The summed E-state index contributed by atoms with van der Waals surface area (Å²) in [7, 11) is 0. The van der Waals surface area contributed by atoms with E-state index < -0.39 is 0 Å². The maximum Gasteiger partial charge on any atom is 0.254 e. The number of carbonyl (C=O) groups is 1. The van der Waals surface area contributed by atoms with Crippen molar-refractivity contribution < 1.29 is 13.9 Å². The summed E-state index contributed by atoms with van der Waals surface area (Å²) < 4.78 is 19.0. The lowest BCUT2D eigenvalue weighted by molar-refractivity contribution is 0.0326. The van der Waals surface area contributed by atoms with Gasteiger partial charge >= 0.3 is 0 Å². The predicted molar refractivity (Wildman–Crippen MR) is 84.5 cm³/mol. The third kappa shape index (κ3) is 5.02. The van der Waals surface area contributed by atoms with Crippen molar-refractivity contribution in [2.24, 2.45) is 0 Å². The predicted octanol–water partition coefficient (Wildman–Crippen LogP) is 1.82. The molecule has 2 rings (SSSR count). The van der Waals surface area contributed by atoms with E-state index in [2.05, 4.69) is 11.0 Å². The Bertz CT molecular complexity index is 580. The van der Waals surface area contributed by atoms with Gasteiger partial charge in [0.05, 0.1) is 25.7 Å². The van der Waals surface area contributed by atoms with E-state index in [-0.39, 0.29) is 18.1 Å². The maximum atomic E-state index is 13.7. The van der Waals surface area contributed by atoms with Gasteiger partial charge in [-0.15, -0.1) is 0 Å². The first-order valence-corrected chi connectivity index (χ1v) is 7.84. The molecule has 0 aromatic heterocycles. The first-order valence-electron chi connectivity index (χ1n) is 7.84. The van der Waals surface area contributed by atoms with E-state index in [4.69, 9.17) is 10.00 Å². The highest BCUT2D eigenvalue weighted by Crippen LogP contribution is 2.12. The Labute approximate surface area is 136 Å². The molecule has 0 aliphatic carbocycles. The summed E-state index contributed by atoms with van der Waals surface area (Å²) in [6.07, 6.45) is 0.267. The molecular weight excluding hydrogens is 297 g/mol. The molecule has 0 radical (unpaired) electrons. The zero-order valence-electron chi connectivity index (χ0n) is 13.4. The molecule has 6 heteroatoms. The third-order valence-corrected chi connectivity index (χ3v) is 3.99. The van der Waals surface area contributed by atoms with Gasteiger partial charge in [-0.1, -0.05) is 6.07 Å². The number of hydrogen-bond donors (Lipinski definition) is 0. The maximum absolute atomic E-state index is 13.7. The Hall–Kier alpha value is -1.97. The molecular formula is C17H22FN3O2. The van der Waals surface area contributed by atoms with Crippen molar-refractivity contribution >= 4 is 5.91 Å². The van der Waals surface area contributed by atoms with Gasteiger partial charge in [0.25, 0.3) is 5.91 Å². The zero-order valence-corrected chi connectivity index (χ0v) is 13.4. The SMILES string of the molecule is Cc1ccc(C(=O)N(CCC#N)CCN2CCOCC2)cc1F. The van der Waals surface area contributed by atoms with Crippen LogP contribution in [-0.2, 0) is 4.74 Å². The van der Waals surface area contributed by atoms with E-state index in [9.17, 15) is 9.18 Å². The highest BCUT2D eigenvalue weighted by molar-refractivity contribution is 5.94. The minimum absolute atomic E-state index is 0.229. The van der Waals surface area contributed by atoms with Gasteiger partial charge in [-0.05, 0) is 24.6 Å². The average molecular weight is 319 g/mol. The van der Waals surface area contributed by atoms with Gasteiger partial charge in [-0.3, -0.25) is 9.69 Å². The molecule has 1 aliphatic rings. The summed E-state index contributed by atoms with van der Waals surface area (Å²) in [5.41, 5.74) is 0.839. The van der Waals surface area contributed by atoms with Crippen LogP contribution in [0.5, 0.6) is 0 Å². The number of carbonyl (C=O) groups excluding carboxylic acids is 1. The summed E-state index contributed by atoms with van der Waals surface area (Å²) in [5, 5.41) is 8.79. The summed E-state index contributed by atoms with van der Waals surface area (Å²) in [6, 6.07) is 6.57. The van der Waals surface area contributed by atoms with E-state index >= 15 is 0 Å². The molecule has 5 nitrogen and oxygen atoms in total. The monoisotopic (exact) mass is 319 g/mol. The molecule has 1 fully saturated rings. The molecule has 1 saturated heterocycles. The molecule has 1 heterocycles. The van der Waals surface area contributed by atoms with Crippen LogP contribution in [0.3, 0.4) is 0 Å². The quantitative estimate of drug-likeness (QED) is 0.802. The number of morpholine rings is 1. The second-order valence-corrected chi connectivity index (χ2v) is 5.62. The number of rotatable bonds is 6. The highest BCUT2D eigenvalue weighted by atomic mass is 19.1. The number of ether oxygens (including phenoxy) is 1. The van der Waals surface area contributed by atoms with Gasteiger partial charge in [0.1, 0.15) is 5.82 Å². The normalized spacial score (nSPS) is 15.2. The summed E-state index contributed by atoms with van der Waals surface area (Å²) in [5.74, 6) is -0.614. The Morgan fingerprint density at radius 2 is 2.13 bits per heavy atom. The number of nitriles is 1. The fourth-order valence-electron chi connectivity index (χ4n) is 2.50. The molecule has 0 N–H and O–H groups in total. The summed E-state index contributed by atoms with van der Waals surface area (Å²) in [4.78, 5) is 16.4.